The summed E-state index contributed by atoms with van der Waals surface area (Å²) in [7, 11) is 0. The van der Waals surface area contributed by atoms with Gasteiger partial charge in [-0.25, -0.2) is 4.98 Å². The maximum absolute atomic E-state index is 12.7. The molecule has 3 aromatic rings. The summed E-state index contributed by atoms with van der Waals surface area (Å²) in [6.07, 6.45) is 5.19. The normalized spacial score (nSPS) is 14.8. The molecule has 3 aromatic heterocycles. The molecular formula is C20H23N7O3. The zero-order valence-corrected chi connectivity index (χ0v) is 17.1. The summed E-state index contributed by atoms with van der Waals surface area (Å²) in [5.41, 5.74) is 0.589. The van der Waals surface area contributed by atoms with Crippen molar-refractivity contribution in [1.82, 2.24) is 29.5 Å². The molecule has 0 spiro atoms. The molecule has 1 aliphatic rings. The van der Waals surface area contributed by atoms with E-state index in [2.05, 4.69) is 20.1 Å². The van der Waals surface area contributed by atoms with Crippen molar-refractivity contribution < 1.29 is 14.3 Å². The van der Waals surface area contributed by atoms with Crippen molar-refractivity contribution in [2.75, 3.05) is 31.1 Å². The van der Waals surface area contributed by atoms with E-state index in [-0.39, 0.29) is 5.91 Å². The van der Waals surface area contributed by atoms with Crippen LogP contribution in [-0.2, 0) is 14.3 Å². The minimum absolute atomic E-state index is 0.208. The number of carbonyl (C=O) groups is 2. The van der Waals surface area contributed by atoms with Crippen LogP contribution in [0.3, 0.4) is 0 Å². The molecule has 10 nitrogen and oxygen atoms in total. The highest BCUT2D eigenvalue weighted by Crippen LogP contribution is 2.21. The van der Waals surface area contributed by atoms with E-state index >= 15 is 0 Å². The van der Waals surface area contributed by atoms with E-state index in [9.17, 15) is 9.59 Å². The zero-order chi connectivity index (χ0) is 21.3. The van der Waals surface area contributed by atoms with Crippen LogP contribution >= 0.6 is 0 Å². The Labute approximate surface area is 173 Å². The minimum atomic E-state index is -1.18. The Balaban J connectivity index is 1.50. The number of piperazine rings is 1. The first-order valence-corrected chi connectivity index (χ1v) is 9.71. The molecular weight excluding hydrogens is 386 g/mol. The second-order valence-corrected chi connectivity index (χ2v) is 7.58. The Hall–Kier alpha value is -3.56. The van der Waals surface area contributed by atoms with Gasteiger partial charge in [-0.05, 0) is 32.0 Å². The SMILES string of the molecule is CC(=O)OC(C)(C)C(=O)N1CCN(c2nc3nccc(-c4cccnc4)n3n2)CC1. The van der Waals surface area contributed by atoms with Gasteiger partial charge in [0.2, 0.25) is 5.95 Å². The quantitative estimate of drug-likeness (QED) is 0.592. The first-order chi connectivity index (χ1) is 14.3. The molecule has 1 amide bonds. The molecule has 1 saturated heterocycles. The lowest BCUT2D eigenvalue weighted by Crippen LogP contribution is -2.55. The Morgan fingerprint density at radius 1 is 1.10 bits per heavy atom. The third-order valence-electron chi connectivity index (χ3n) is 4.95. The average Bonchev–Trinajstić information content (AvgIpc) is 3.17. The number of amides is 1. The number of hydrogen-bond donors (Lipinski definition) is 0. The van der Waals surface area contributed by atoms with Crippen LogP contribution in [0.5, 0.6) is 0 Å². The Bertz CT molecular complexity index is 1070. The predicted molar refractivity (Wildman–Crippen MR) is 109 cm³/mol. The van der Waals surface area contributed by atoms with E-state index in [0.717, 1.165) is 11.3 Å². The molecule has 30 heavy (non-hydrogen) atoms. The van der Waals surface area contributed by atoms with Crippen molar-refractivity contribution in [2.24, 2.45) is 0 Å². The van der Waals surface area contributed by atoms with Gasteiger partial charge in [0.05, 0.1) is 5.69 Å². The molecule has 0 aromatic carbocycles. The maximum atomic E-state index is 12.7. The molecule has 0 atom stereocenters. The number of fused-ring (bicyclic) bond motifs is 1. The van der Waals surface area contributed by atoms with Crippen molar-refractivity contribution in [1.29, 1.82) is 0 Å². The van der Waals surface area contributed by atoms with E-state index in [1.165, 1.54) is 6.92 Å². The van der Waals surface area contributed by atoms with Crippen LogP contribution in [-0.4, -0.2) is 73.1 Å². The number of aromatic nitrogens is 5. The van der Waals surface area contributed by atoms with Crippen LogP contribution in [0.1, 0.15) is 20.8 Å². The fourth-order valence-corrected chi connectivity index (χ4v) is 3.54. The lowest BCUT2D eigenvalue weighted by Gasteiger charge is -2.37. The van der Waals surface area contributed by atoms with Gasteiger partial charge < -0.3 is 14.5 Å². The fraction of sp³-hybridized carbons (Fsp3) is 0.400. The topological polar surface area (TPSA) is 106 Å². The van der Waals surface area contributed by atoms with Crippen molar-refractivity contribution in [3.63, 3.8) is 0 Å². The molecule has 0 radical (unpaired) electrons. The lowest BCUT2D eigenvalue weighted by molar-refractivity contribution is -0.168. The van der Waals surface area contributed by atoms with Gasteiger partial charge in [0.1, 0.15) is 0 Å². The van der Waals surface area contributed by atoms with Crippen molar-refractivity contribution in [2.45, 2.75) is 26.4 Å². The molecule has 0 aliphatic carbocycles. The standard InChI is InChI=1S/C20H23N7O3/c1-14(28)30-20(2,3)17(29)25-9-11-26(12-10-25)19-23-18-22-8-6-16(27(18)24-19)15-5-4-7-21-13-15/h4-8,13H,9-12H2,1-3H3. The highest BCUT2D eigenvalue weighted by atomic mass is 16.6. The summed E-state index contributed by atoms with van der Waals surface area (Å²) in [5.74, 6) is 0.379. The molecule has 4 heterocycles. The van der Waals surface area contributed by atoms with Gasteiger partial charge in [-0.3, -0.25) is 14.6 Å². The fourth-order valence-electron chi connectivity index (χ4n) is 3.54. The summed E-state index contributed by atoms with van der Waals surface area (Å²) in [5, 5.41) is 4.64. The third-order valence-corrected chi connectivity index (χ3v) is 4.95. The summed E-state index contributed by atoms with van der Waals surface area (Å²) >= 11 is 0. The van der Waals surface area contributed by atoms with Crippen LogP contribution in [0, 0.1) is 0 Å². The van der Waals surface area contributed by atoms with Gasteiger partial charge in [0.15, 0.2) is 5.60 Å². The van der Waals surface area contributed by atoms with E-state index < -0.39 is 11.6 Å². The van der Waals surface area contributed by atoms with Crippen molar-refractivity contribution in [3.05, 3.63) is 36.8 Å². The van der Waals surface area contributed by atoms with E-state index in [0.29, 0.717) is 37.9 Å². The number of anilines is 1. The Morgan fingerprint density at radius 2 is 1.87 bits per heavy atom. The van der Waals surface area contributed by atoms with E-state index in [1.54, 1.807) is 41.9 Å². The van der Waals surface area contributed by atoms with Gasteiger partial charge >= 0.3 is 5.97 Å². The summed E-state index contributed by atoms with van der Waals surface area (Å²) in [6.45, 7) is 6.64. The van der Waals surface area contributed by atoms with Gasteiger partial charge in [-0.1, -0.05) is 0 Å². The summed E-state index contributed by atoms with van der Waals surface area (Å²) in [6, 6.07) is 5.70. The number of ether oxygens (including phenoxy) is 1. The predicted octanol–water partition coefficient (Wildman–Crippen LogP) is 1.18. The van der Waals surface area contributed by atoms with Gasteiger partial charge in [0.25, 0.3) is 11.7 Å². The summed E-state index contributed by atoms with van der Waals surface area (Å²) < 4.78 is 6.88. The first-order valence-electron chi connectivity index (χ1n) is 9.71. The number of pyridine rings is 1. The number of hydrogen-bond acceptors (Lipinski definition) is 8. The van der Waals surface area contributed by atoms with Crippen molar-refractivity contribution in [3.8, 4) is 11.3 Å². The minimum Gasteiger partial charge on any atom is -0.450 e. The summed E-state index contributed by atoms with van der Waals surface area (Å²) in [4.78, 5) is 40.7. The maximum Gasteiger partial charge on any atom is 0.303 e. The van der Waals surface area contributed by atoms with E-state index in [4.69, 9.17) is 4.74 Å². The molecule has 0 N–H and O–H groups in total. The lowest BCUT2D eigenvalue weighted by atomic mass is 10.1. The van der Waals surface area contributed by atoms with Crippen LogP contribution in [0.2, 0.25) is 0 Å². The second-order valence-electron chi connectivity index (χ2n) is 7.58. The van der Waals surface area contributed by atoms with Crippen LogP contribution in [0.25, 0.3) is 17.0 Å². The van der Waals surface area contributed by atoms with Gasteiger partial charge in [0, 0.05) is 57.3 Å². The average molecular weight is 409 g/mol. The highest BCUT2D eigenvalue weighted by Gasteiger charge is 2.36. The second kappa shape index (κ2) is 7.69. The number of rotatable bonds is 4. The third kappa shape index (κ3) is 3.80. The molecule has 1 fully saturated rings. The molecule has 4 rings (SSSR count). The van der Waals surface area contributed by atoms with Gasteiger partial charge in [-0.2, -0.15) is 9.50 Å². The monoisotopic (exact) mass is 409 g/mol. The molecule has 156 valence electrons. The Kier molecular flexibility index (Phi) is 5.06. The molecule has 0 bridgehead atoms. The van der Waals surface area contributed by atoms with Crippen LogP contribution < -0.4 is 4.90 Å². The van der Waals surface area contributed by atoms with Crippen LogP contribution in [0.15, 0.2) is 36.8 Å². The highest BCUT2D eigenvalue weighted by molar-refractivity contribution is 5.87. The molecule has 0 saturated carbocycles. The first kappa shape index (κ1) is 19.7. The largest absolute Gasteiger partial charge is 0.450 e. The zero-order valence-electron chi connectivity index (χ0n) is 17.1. The molecule has 0 unspecified atom stereocenters. The number of carbonyl (C=O) groups excluding carboxylic acids is 2. The van der Waals surface area contributed by atoms with Crippen LogP contribution in [0.4, 0.5) is 5.95 Å². The molecule has 1 aliphatic heterocycles. The smallest absolute Gasteiger partial charge is 0.303 e. The van der Waals surface area contributed by atoms with Gasteiger partial charge in [-0.15, -0.1) is 5.10 Å². The number of nitrogens with zero attached hydrogens (tertiary/aromatic N) is 7. The van der Waals surface area contributed by atoms with Crippen molar-refractivity contribution >= 4 is 23.6 Å². The van der Waals surface area contributed by atoms with E-state index in [1.807, 2.05) is 23.1 Å². The number of esters is 1. The molecule has 10 heteroatoms. The Morgan fingerprint density at radius 3 is 2.53 bits per heavy atom.